The lowest BCUT2D eigenvalue weighted by molar-refractivity contribution is 0.292. The third kappa shape index (κ3) is 4.45. The van der Waals surface area contributed by atoms with E-state index >= 15 is 0 Å². The van der Waals surface area contributed by atoms with Crippen LogP contribution >= 0.6 is 23.2 Å². The Morgan fingerprint density at radius 3 is 2.04 bits per heavy atom. The molecule has 0 aliphatic rings. The summed E-state index contributed by atoms with van der Waals surface area (Å²) in [6.07, 6.45) is 0.611. The summed E-state index contributed by atoms with van der Waals surface area (Å²) in [5.74, 6) is 1.11. The van der Waals surface area contributed by atoms with Gasteiger partial charge in [-0.15, -0.1) is 10.2 Å². The van der Waals surface area contributed by atoms with Gasteiger partial charge in [-0.05, 0) is 42.8 Å². The third-order valence-corrected chi connectivity index (χ3v) is 4.04. The molecule has 0 saturated heterocycles. The Morgan fingerprint density at radius 2 is 1.44 bits per heavy atom. The van der Waals surface area contributed by atoms with Gasteiger partial charge < -0.3 is 10.4 Å². The van der Waals surface area contributed by atoms with Gasteiger partial charge >= 0.3 is 0 Å². The average Bonchev–Trinajstić information content (AvgIpc) is 2.63. The molecule has 2 N–H and O–H groups in total. The molecule has 0 aliphatic carbocycles. The normalized spacial score (nSPS) is 10.7. The van der Waals surface area contributed by atoms with E-state index in [4.69, 9.17) is 28.3 Å². The SMILES string of the molecule is OCCCNc1nc(-c2ccc(Cl)cc2)nnc1-c1ccc(Cl)cc1. The zero-order chi connectivity index (χ0) is 17.6. The maximum absolute atomic E-state index is 9.00. The molecule has 0 atom stereocenters. The molecule has 0 saturated carbocycles. The highest BCUT2D eigenvalue weighted by Gasteiger charge is 2.12. The van der Waals surface area contributed by atoms with Gasteiger partial charge in [0.15, 0.2) is 11.6 Å². The van der Waals surface area contributed by atoms with Crippen LogP contribution in [-0.2, 0) is 0 Å². The molecule has 5 nitrogen and oxygen atoms in total. The summed E-state index contributed by atoms with van der Waals surface area (Å²) >= 11 is 11.9. The van der Waals surface area contributed by atoms with Crippen molar-refractivity contribution in [2.24, 2.45) is 0 Å². The number of halogens is 2. The van der Waals surface area contributed by atoms with Crippen LogP contribution in [0.25, 0.3) is 22.6 Å². The zero-order valence-electron chi connectivity index (χ0n) is 13.3. The van der Waals surface area contributed by atoms with E-state index in [9.17, 15) is 0 Å². The van der Waals surface area contributed by atoms with Crippen molar-refractivity contribution in [1.29, 1.82) is 0 Å². The van der Waals surface area contributed by atoms with Crippen molar-refractivity contribution in [2.75, 3.05) is 18.5 Å². The number of benzene rings is 2. The van der Waals surface area contributed by atoms with Crippen LogP contribution in [0.2, 0.25) is 10.0 Å². The quantitative estimate of drug-likeness (QED) is 0.629. The summed E-state index contributed by atoms with van der Waals surface area (Å²) < 4.78 is 0. The molecule has 3 rings (SSSR count). The second kappa shape index (κ2) is 8.25. The number of nitrogens with zero attached hydrogens (tertiary/aromatic N) is 3. The first-order valence-electron chi connectivity index (χ1n) is 7.78. The van der Waals surface area contributed by atoms with Crippen molar-refractivity contribution >= 4 is 29.0 Å². The third-order valence-electron chi connectivity index (χ3n) is 3.53. The number of aromatic nitrogens is 3. The molecule has 0 amide bonds. The summed E-state index contributed by atoms with van der Waals surface area (Å²) in [5.41, 5.74) is 2.32. The van der Waals surface area contributed by atoms with Gasteiger partial charge in [-0.25, -0.2) is 4.98 Å². The predicted molar refractivity (Wildman–Crippen MR) is 101 cm³/mol. The molecular weight excluding hydrogens is 359 g/mol. The maximum atomic E-state index is 9.00. The second-order valence-electron chi connectivity index (χ2n) is 5.35. The van der Waals surface area contributed by atoms with Crippen molar-refractivity contribution < 1.29 is 5.11 Å². The topological polar surface area (TPSA) is 70.9 Å². The Balaban J connectivity index is 1.99. The first-order valence-corrected chi connectivity index (χ1v) is 8.54. The van der Waals surface area contributed by atoms with Crippen LogP contribution in [0.3, 0.4) is 0 Å². The highest BCUT2D eigenvalue weighted by atomic mass is 35.5. The summed E-state index contributed by atoms with van der Waals surface area (Å²) in [6.45, 7) is 0.682. The average molecular weight is 375 g/mol. The predicted octanol–water partition coefficient (Wildman–Crippen LogP) is 4.31. The molecular formula is C18H16Cl2N4O. The fourth-order valence-corrected chi connectivity index (χ4v) is 2.51. The van der Waals surface area contributed by atoms with Crippen LogP contribution in [-0.4, -0.2) is 33.4 Å². The first-order chi connectivity index (χ1) is 12.2. The van der Waals surface area contributed by atoms with Crippen LogP contribution in [0, 0.1) is 0 Å². The van der Waals surface area contributed by atoms with Crippen LogP contribution in [0.5, 0.6) is 0 Å². The Kier molecular flexibility index (Phi) is 5.81. The van der Waals surface area contributed by atoms with E-state index in [2.05, 4.69) is 20.5 Å². The molecule has 0 bridgehead atoms. The minimum atomic E-state index is 0.103. The fourth-order valence-electron chi connectivity index (χ4n) is 2.26. The molecule has 0 unspecified atom stereocenters. The van der Waals surface area contributed by atoms with Gasteiger partial charge in [0.25, 0.3) is 0 Å². The molecule has 1 aromatic heterocycles. The van der Waals surface area contributed by atoms with E-state index in [1.165, 1.54) is 0 Å². The molecule has 0 spiro atoms. The van der Waals surface area contributed by atoms with Crippen LogP contribution in [0.1, 0.15) is 6.42 Å². The van der Waals surface area contributed by atoms with Crippen molar-refractivity contribution in [3.8, 4) is 22.6 Å². The summed E-state index contributed by atoms with van der Waals surface area (Å²) in [6, 6.07) is 14.6. The zero-order valence-corrected chi connectivity index (χ0v) is 14.8. The van der Waals surface area contributed by atoms with Crippen LogP contribution < -0.4 is 5.32 Å². The van der Waals surface area contributed by atoms with Gasteiger partial charge in [-0.2, -0.15) is 0 Å². The lowest BCUT2D eigenvalue weighted by Gasteiger charge is -2.11. The minimum Gasteiger partial charge on any atom is -0.396 e. The monoisotopic (exact) mass is 374 g/mol. The number of anilines is 1. The lowest BCUT2D eigenvalue weighted by Crippen LogP contribution is -2.09. The van der Waals surface area contributed by atoms with Crippen molar-refractivity contribution in [3.63, 3.8) is 0 Å². The fraction of sp³-hybridized carbons (Fsp3) is 0.167. The number of hydrogen-bond donors (Lipinski definition) is 2. The van der Waals surface area contributed by atoms with E-state index in [0.717, 1.165) is 11.1 Å². The lowest BCUT2D eigenvalue weighted by atomic mass is 10.1. The van der Waals surface area contributed by atoms with Gasteiger partial charge in [0.1, 0.15) is 5.69 Å². The Morgan fingerprint density at radius 1 is 0.840 bits per heavy atom. The number of hydrogen-bond acceptors (Lipinski definition) is 5. The first kappa shape index (κ1) is 17.6. The van der Waals surface area contributed by atoms with E-state index in [1.807, 2.05) is 24.3 Å². The number of aliphatic hydroxyl groups is 1. The highest BCUT2D eigenvalue weighted by molar-refractivity contribution is 6.30. The van der Waals surface area contributed by atoms with Crippen molar-refractivity contribution in [1.82, 2.24) is 15.2 Å². The number of rotatable bonds is 6. The standard InChI is InChI=1S/C18H16Cl2N4O/c19-14-6-2-12(3-7-14)16-18(21-10-1-11-25)22-17(24-23-16)13-4-8-15(20)9-5-13/h2-9,25H,1,10-11H2,(H,21,22,24). The second-order valence-corrected chi connectivity index (χ2v) is 6.22. The Labute approximate surface area is 155 Å². The summed E-state index contributed by atoms with van der Waals surface area (Å²) in [5, 5.41) is 22.1. The molecule has 7 heteroatoms. The van der Waals surface area contributed by atoms with Gasteiger partial charge in [-0.1, -0.05) is 35.3 Å². The molecule has 128 valence electrons. The van der Waals surface area contributed by atoms with E-state index in [1.54, 1.807) is 24.3 Å². The minimum absolute atomic E-state index is 0.103. The van der Waals surface area contributed by atoms with Crippen LogP contribution in [0.4, 0.5) is 5.82 Å². The van der Waals surface area contributed by atoms with E-state index in [-0.39, 0.29) is 6.61 Å². The van der Waals surface area contributed by atoms with E-state index < -0.39 is 0 Å². The molecule has 2 aromatic carbocycles. The Bertz CT molecular complexity index is 839. The van der Waals surface area contributed by atoms with Gasteiger partial charge in [-0.3, -0.25) is 0 Å². The van der Waals surface area contributed by atoms with Gasteiger partial charge in [0.2, 0.25) is 0 Å². The number of nitrogens with one attached hydrogen (secondary N) is 1. The molecule has 0 aliphatic heterocycles. The van der Waals surface area contributed by atoms with Crippen molar-refractivity contribution in [2.45, 2.75) is 6.42 Å². The van der Waals surface area contributed by atoms with E-state index in [0.29, 0.717) is 40.3 Å². The summed E-state index contributed by atoms with van der Waals surface area (Å²) in [7, 11) is 0. The van der Waals surface area contributed by atoms with Crippen LogP contribution in [0.15, 0.2) is 48.5 Å². The summed E-state index contributed by atoms with van der Waals surface area (Å²) in [4.78, 5) is 4.60. The van der Waals surface area contributed by atoms with Crippen molar-refractivity contribution in [3.05, 3.63) is 58.6 Å². The van der Waals surface area contributed by atoms with Gasteiger partial charge in [0.05, 0.1) is 0 Å². The maximum Gasteiger partial charge on any atom is 0.183 e. The molecule has 3 aromatic rings. The van der Waals surface area contributed by atoms with Gasteiger partial charge in [0, 0.05) is 34.3 Å². The molecule has 25 heavy (non-hydrogen) atoms. The number of aliphatic hydroxyl groups excluding tert-OH is 1. The largest absolute Gasteiger partial charge is 0.396 e. The smallest absolute Gasteiger partial charge is 0.183 e. The molecule has 1 heterocycles. The molecule has 0 radical (unpaired) electrons. The Hall–Kier alpha value is -2.21. The molecule has 0 fully saturated rings. The highest BCUT2D eigenvalue weighted by Crippen LogP contribution is 2.27.